The van der Waals surface area contributed by atoms with E-state index in [4.69, 9.17) is 25.1 Å². The molecular formula is C34H34N6O4. The molecule has 0 saturated carbocycles. The third-order valence-electron chi connectivity index (χ3n) is 7.35. The van der Waals surface area contributed by atoms with Crippen LogP contribution in [0, 0.1) is 0 Å². The molecule has 2 atom stereocenters. The zero-order valence-corrected chi connectivity index (χ0v) is 24.2. The molecule has 4 aromatic carbocycles. The maximum Gasteiger partial charge on any atom is 0.266 e. The van der Waals surface area contributed by atoms with Crippen LogP contribution < -0.4 is 15.6 Å². The number of hydrazine groups is 1. The van der Waals surface area contributed by atoms with E-state index in [0.29, 0.717) is 36.8 Å². The highest BCUT2D eigenvalue weighted by molar-refractivity contribution is 6.01. The summed E-state index contributed by atoms with van der Waals surface area (Å²) in [6.45, 7) is 1.01. The number of aliphatic imine (C=N–C) groups is 1. The van der Waals surface area contributed by atoms with Gasteiger partial charge in [0.15, 0.2) is 11.6 Å². The number of rotatable bonds is 14. The Balaban J connectivity index is 1.54. The summed E-state index contributed by atoms with van der Waals surface area (Å²) in [6.07, 6.45) is -0.0350. The molecule has 224 valence electrons. The molecule has 1 amide bonds. The number of aliphatic hydroxyl groups excluding tert-OH is 1. The number of azide groups is 1. The quantitative estimate of drug-likeness (QED) is 0.0578. The lowest BCUT2D eigenvalue weighted by atomic mass is 9.81. The number of carbonyl (C=O) groups excluding carboxylic acids is 1. The highest BCUT2D eigenvalue weighted by Gasteiger charge is 2.53. The number of benzene rings is 4. The van der Waals surface area contributed by atoms with Crippen LogP contribution in [0.15, 0.2) is 119 Å². The molecule has 10 nitrogen and oxygen atoms in total. The van der Waals surface area contributed by atoms with Crippen molar-refractivity contribution in [2.45, 2.75) is 37.6 Å². The first-order valence-corrected chi connectivity index (χ1v) is 14.4. The van der Waals surface area contributed by atoms with Crippen molar-refractivity contribution in [3.8, 4) is 5.75 Å². The lowest BCUT2D eigenvalue weighted by Crippen LogP contribution is -2.53. The summed E-state index contributed by atoms with van der Waals surface area (Å²) in [6, 6.07) is 34.2. The molecule has 1 aliphatic heterocycles. The molecule has 5 rings (SSSR count). The van der Waals surface area contributed by atoms with Gasteiger partial charge in [0.2, 0.25) is 5.90 Å². The normalized spacial score (nSPS) is 17.2. The van der Waals surface area contributed by atoms with E-state index in [1.165, 1.54) is 0 Å². The van der Waals surface area contributed by atoms with E-state index in [1.807, 2.05) is 109 Å². The van der Waals surface area contributed by atoms with Gasteiger partial charge >= 0.3 is 0 Å². The van der Waals surface area contributed by atoms with Crippen molar-refractivity contribution in [3.63, 3.8) is 0 Å². The van der Waals surface area contributed by atoms with E-state index in [-0.39, 0.29) is 25.5 Å². The Bertz CT molecular complexity index is 1610. The van der Waals surface area contributed by atoms with Crippen LogP contribution in [0.25, 0.3) is 10.4 Å². The van der Waals surface area contributed by atoms with Gasteiger partial charge in [-0.05, 0) is 52.1 Å². The van der Waals surface area contributed by atoms with Gasteiger partial charge in [-0.15, -0.1) is 0 Å². The molecule has 1 heterocycles. The van der Waals surface area contributed by atoms with Crippen molar-refractivity contribution in [1.82, 2.24) is 10.9 Å². The number of hydrogen-bond donors (Lipinski definition) is 3. The van der Waals surface area contributed by atoms with Crippen LogP contribution in [0.2, 0.25) is 0 Å². The smallest absolute Gasteiger partial charge is 0.266 e. The van der Waals surface area contributed by atoms with Crippen molar-refractivity contribution in [2.24, 2.45) is 10.1 Å². The highest BCUT2D eigenvalue weighted by atomic mass is 16.5. The van der Waals surface area contributed by atoms with E-state index in [1.54, 1.807) is 0 Å². The topological polar surface area (TPSA) is 141 Å². The van der Waals surface area contributed by atoms with E-state index in [0.717, 1.165) is 22.3 Å². The van der Waals surface area contributed by atoms with E-state index in [2.05, 4.69) is 20.9 Å². The number of ether oxygens (including phenoxy) is 2. The molecule has 0 spiro atoms. The number of nitrogens with one attached hydrogen (secondary N) is 2. The average molecular weight is 591 g/mol. The van der Waals surface area contributed by atoms with Crippen LogP contribution in [-0.4, -0.2) is 35.7 Å². The molecule has 10 heteroatoms. The van der Waals surface area contributed by atoms with Crippen LogP contribution >= 0.6 is 0 Å². The van der Waals surface area contributed by atoms with E-state index >= 15 is 0 Å². The van der Waals surface area contributed by atoms with Gasteiger partial charge in [0.1, 0.15) is 5.75 Å². The Morgan fingerprint density at radius 1 is 0.955 bits per heavy atom. The second-order valence-corrected chi connectivity index (χ2v) is 10.3. The number of nitrogens with zero attached hydrogens (tertiary/aromatic N) is 4. The molecule has 0 aliphatic carbocycles. The zero-order chi connectivity index (χ0) is 30.6. The Hall–Kier alpha value is -5.15. The fourth-order valence-electron chi connectivity index (χ4n) is 5.12. The Morgan fingerprint density at radius 2 is 1.64 bits per heavy atom. The predicted octanol–water partition coefficient (Wildman–Crippen LogP) is 5.58. The Labute approximate surface area is 256 Å². The van der Waals surface area contributed by atoms with Crippen LogP contribution in [0.4, 0.5) is 0 Å². The number of carbonyl (C=O) groups is 1. The summed E-state index contributed by atoms with van der Waals surface area (Å²) in [5, 5.41) is 12.8. The van der Waals surface area contributed by atoms with Crippen LogP contribution in [0.5, 0.6) is 5.75 Å². The fraction of sp³-hybridized carbons (Fsp3) is 0.235. The van der Waals surface area contributed by atoms with Crippen LogP contribution in [0.3, 0.4) is 0 Å². The van der Waals surface area contributed by atoms with Crippen molar-refractivity contribution in [1.29, 1.82) is 0 Å². The SMILES string of the molecule is [N-]=[N+]=NCc1ccccc1C[C@]1(C(=O)NNCc2ccccc2)N=C(c2ccc(OCCCO)cc2)O[C@H]1c1ccccc1. The third kappa shape index (κ3) is 7.25. The molecule has 0 unspecified atom stereocenters. The summed E-state index contributed by atoms with van der Waals surface area (Å²) in [5.41, 5.74) is 17.7. The Morgan fingerprint density at radius 3 is 2.34 bits per heavy atom. The molecular weight excluding hydrogens is 556 g/mol. The summed E-state index contributed by atoms with van der Waals surface area (Å²) in [5.74, 6) is 0.618. The first-order valence-electron chi connectivity index (χ1n) is 14.4. The lowest BCUT2D eigenvalue weighted by molar-refractivity contribution is -0.130. The van der Waals surface area contributed by atoms with Gasteiger partial charge < -0.3 is 14.6 Å². The third-order valence-corrected chi connectivity index (χ3v) is 7.35. The van der Waals surface area contributed by atoms with Crippen molar-refractivity contribution < 1.29 is 19.4 Å². The van der Waals surface area contributed by atoms with E-state index in [9.17, 15) is 4.79 Å². The molecule has 3 N–H and O–H groups in total. The zero-order valence-electron chi connectivity index (χ0n) is 24.2. The molecule has 4 aromatic rings. The Kier molecular flexibility index (Phi) is 10.2. The number of hydrogen-bond acceptors (Lipinski definition) is 7. The van der Waals surface area contributed by atoms with Gasteiger partial charge in [-0.1, -0.05) is 90.0 Å². The summed E-state index contributed by atoms with van der Waals surface area (Å²) in [7, 11) is 0. The minimum absolute atomic E-state index is 0.0555. The van der Waals surface area contributed by atoms with Crippen molar-refractivity contribution >= 4 is 11.8 Å². The van der Waals surface area contributed by atoms with Gasteiger partial charge in [-0.3, -0.25) is 10.2 Å². The average Bonchev–Trinajstić information content (AvgIpc) is 3.46. The molecule has 0 bridgehead atoms. The minimum Gasteiger partial charge on any atom is -0.494 e. The summed E-state index contributed by atoms with van der Waals surface area (Å²) >= 11 is 0. The molecule has 0 fully saturated rings. The summed E-state index contributed by atoms with van der Waals surface area (Å²) < 4.78 is 12.3. The van der Waals surface area contributed by atoms with Gasteiger partial charge in [0.25, 0.3) is 5.91 Å². The second kappa shape index (κ2) is 14.8. The van der Waals surface area contributed by atoms with Crippen molar-refractivity contribution in [3.05, 3.63) is 147 Å². The summed E-state index contributed by atoms with van der Waals surface area (Å²) in [4.78, 5) is 22.4. The molecule has 44 heavy (non-hydrogen) atoms. The predicted molar refractivity (Wildman–Crippen MR) is 168 cm³/mol. The second-order valence-electron chi connectivity index (χ2n) is 10.3. The van der Waals surface area contributed by atoms with Crippen LogP contribution in [-0.2, 0) is 29.0 Å². The largest absolute Gasteiger partial charge is 0.494 e. The van der Waals surface area contributed by atoms with Crippen molar-refractivity contribution in [2.75, 3.05) is 13.2 Å². The highest BCUT2D eigenvalue weighted by Crippen LogP contribution is 2.43. The molecule has 0 radical (unpaired) electrons. The molecule has 1 aliphatic rings. The maximum atomic E-state index is 14.4. The van der Waals surface area contributed by atoms with Gasteiger partial charge in [-0.25, -0.2) is 10.4 Å². The standard InChI is InChI=1S/C34H34N6O4/c35-40-37-24-29-15-8-7-14-28(29)22-34(33(42)39-36-23-25-10-3-1-4-11-25)31(26-12-5-2-6-13-26)44-32(38-34)27-16-18-30(19-17-27)43-21-9-20-41/h1-8,10-19,31,36,41H,9,20-24H2,(H,39,42)/t31-,34-/m0/s1. The van der Waals surface area contributed by atoms with Crippen LogP contribution in [0.1, 0.15) is 40.3 Å². The monoisotopic (exact) mass is 590 g/mol. The van der Waals surface area contributed by atoms with E-state index < -0.39 is 11.6 Å². The maximum absolute atomic E-state index is 14.4. The fourth-order valence-corrected chi connectivity index (χ4v) is 5.12. The van der Waals surface area contributed by atoms with Gasteiger partial charge in [-0.2, -0.15) is 0 Å². The molecule has 0 saturated heterocycles. The number of amides is 1. The van der Waals surface area contributed by atoms with Gasteiger partial charge in [0, 0.05) is 36.5 Å². The minimum atomic E-state index is -1.41. The first kappa shape index (κ1) is 30.3. The molecule has 0 aromatic heterocycles. The number of aliphatic hydroxyl groups is 1. The lowest BCUT2D eigenvalue weighted by Gasteiger charge is -2.31. The first-order chi connectivity index (χ1) is 21.6. The van der Waals surface area contributed by atoms with Gasteiger partial charge in [0.05, 0.1) is 13.2 Å².